The largest absolute Gasteiger partial charge is 0.461 e. The fourth-order valence-electron chi connectivity index (χ4n) is 2.50. The van der Waals surface area contributed by atoms with Crippen molar-refractivity contribution >= 4 is 21.9 Å². The molecule has 1 aliphatic rings. The van der Waals surface area contributed by atoms with Crippen LogP contribution in [0.3, 0.4) is 0 Å². The minimum Gasteiger partial charge on any atom is -0.461 e. The maximum absolute atomic E-state index is 11.8. The smallest absolute Gasteiger partial charge is 0.358 e. The molecule has 3 rings (SSSR count). The first-order valence-electron chi connectivity index (χ1n) is 7.00. The summed E-state index contributed by atoms with van der Waals surface area (Å²) in [6, 6.07) is 8.25. The SMILES string of the molecule is CBr.CCOC(=O)c1cn2c(n1)-c1ccccc1CCC2. The van der Waals surface area contributed by atoms with E-state index >= 15 is 0 Å². The van der Waals surface area contributed by atoms with Gasteiger partial charge in [0.15, 0.2) is 5.69 Å². The van der Waals surface area contributed by atoms with Gasteiger partial charge in [-0.1, -0.05) is 40.2 Å². The Kier molecular flexibility index (Phi) is 5.56. The van der Waals surface area contributed by atoms with Gasteiger partial charge in [0.1, 0.15) is 5.82 Å². The monoisotopic (exact) mass is 350 g/mol. The van der Waals surface area contributed by atoms with Crippen LogP contribution in [0.2, 0.25) is 0 Å². The van der Waals surface area contributed by atoms with E-state index in [1.165, 1.54) is 5.56 Å². The van der Waals surface area contributed by atoms with Gasteiger partial charge in [-0.15, -0.1) is 0 Å². The Labute approximate surface area is 133 Å². The summed E-state index contributed by atoms with van der Waals surface area (Å²) in [5, 5.41) is 0. The van der Waals surface area contributed by atoms with Gasteiger partial charge in [-0.3, -0.25) is 0 Å². The van der Waals surface area contributed by atoms with Crippen LogP contribution in [0.25, 0.3) is 11.4 Å². The molecule has 0 unspecified atom stereocenters. The van der Waals surface area contributed by atoms with Crippen molar-refractivity contribution in [3.05, 3.63) is 41.7 Å². The second-order valence-corrected chi connectivity index (χ2v) is 4.62. The second-order valence-electron chi connectivity index (χ2n) is 4.62. The first kappa shape index (κ1) is 15.8. The highest BCUT2D eigenvalue weighted by atomic mass is 79.9. The molecule has 1 aliphatic heterocycles. The van der Waals surface area contributed by atoms with Crippen molar-refractivity contribution < 1.29 is 9.53 Å². The number of esters is 1. The minimum absolute atomic E-state index is 0.347. The van der Waals surface area contributed by atoms with E-state index in [0.29, 0.717) is 12.3 Å². The molecular formula is C16H19BrN2O2. The molecule has 0 spiro atoms. The lowest BCUT2D eigenvalue weighted by atomic mass is 10.0. The Balaban J connectivity index is 0.000000774. The Hall–Kier alpha value is -1.62. The predicted octanol–water partition coefficient (Wildman–Crippen LogP) is 3.68. The second kappa shape index (κ2) is 7.41. The molecule has 2 aromatic rings. The van der Waals surface area contributed by atoms with E-state index in [2.05, 4.69) is 37.6 Å². The fourth-order valence-corrected chi connectivity index (χ4v) is 2.50. The number of rotatable bonds is 2. The highest BCUT2D eigenvalue weighted by Crippen LogP contribution is 2.27. The van der Waals surface area contributed by atoms with Gasteiger partial charge >= 0.3 is 5.97 Å². The number of carbonyl (C=O) groups is 1. The minimum atomic E-state index is -0.347. The van der Waals surface area contributed by atoms with Gasteiger partial charge in [0.25, 0.3) is 0 Å². The number of aryl methyl sites for hydroxylation is 2. The Morgan fingerprint density at radius 2 is 2.14 bits per heavy atom. The van der Waals surface area contributed by atoms with Gasteiger partial charge in [-0.25, -0.2) is 9.78 Å². The third kappa shape index (κ3) is 3.35. The van der Waals surface area contributed by atoms with Gasteiger partial charge in [0.05, 0.1) is 6.61 Å². The fraction of sp³-hybridized carbons (Fsp3) is 0.375. The van der Waals surface area contributed by atoms with E-state index in [4.69, 9.17) is 4.74 Å². The first-order chi connectivity index (χ1) is 10.3. The van der Waals surface area contributed by atoms with Crippen molar-refractivity contribution in [1.29, 1.82) is 0 Å². The summed E-state index contributed by atoms with van der Waals surface area (Å²) in [7, 11) is 0. The zero-order valence-electron chi connectivity index (χ0n) is 12.3. The standard InChI is InChI=1S/C15H16N2O2.CH3Br/c1-2-19-15(18)13-10-17-9-5-7-11-6-3-4-8-12(11)14(17)16-13;1-2/h3-4,6,8,10H,2,5,7,9H2,1H3;1H3. The van der Waals surface area contributed by atoms with Crippen LogP contribution in [0.5, 0.6) is 0 Å². The Morgan fingerprint density at radius 1 is 1.38 bits per heavy atom. The summed E-state index contributed by atoms with van der Waals surface area (Å²) < 4.78 is 7.06. The number of ether oxygens (including phenoxy) is 1. The molecule has 2 heterocycles. The molecule has 0 N–H and O–H groups in total. The molecule has 112 valence electrons. The summed E-state index contributed by atoms with van der Waals surface area (Å²) >= 11 is 2.94. The van der Waals surface area contributed by atoms with E-state index < -0.39 is 0 Å². The molecule has 21 heavy (non-hydrogen) atoms. The first-order valence-corrected chi connectivity index (χ1v) is 8.58. The molecule has 0 saturated heterocycles. The van der Waals surface area contributed by atoms with Crippen LogP contribution in [0.1, 0.15) is 29.4 Å². The molecule has 0 atom stereocenters. The number of hydrogen-bond donors (Lipinski definition) is 0. The zero-order valence-corrected chi connectivity index (χ0v) is 13.9. The van der Waals surface area contributed by atoms with E-state index in [-0.39, 0.29) is 5.97 Å². The van der Waals surface area contributed by atoms with Crippen LogP contribution >= 0.6 is 15.9 Å². The highest BCUT2D eigenvalue weighted by Gasteiger charge is 2.20. The number of imidazole rings is 1. The van der Waals surface area contributed by atoms with E-state index in [1.807, 2.05) is 18.0 Å². The summed E-state index contributed by atoms with van der Waals surface area (Å²) in [6.07, 6.45) is 3.91. The van der Waals surface area contributed by atoms with Crippen molar-refractivity contribution in [2.45, 2.75) is 26.3 Å². The number of nitrogens with zero attached hydrogens (tertiary/aromatic N) is 2. The van der Waals surface area contributed by atoms with Crippen LogP contribution in [-0.4, -0.2) is 28.0 Å². The normalized spacial score (nSPS) is 12.3. The molecule has 0 bridgehead atoms. The summed E-state index contributed by atoms with van der Waals surface area (Å²) in [4.78, 5) is 16.2. The lowest BCUT2D eigenvalue weighted by Crippen LogP contribution is -2.05. The highest BCUT2D eigenvalue weighted by molar-refractivity contribution is 9.08. The molecule has 0 saturated carbocycles. The van der Waals surface area contributed by atoms with Crippen molar-refractivity contribution in [2.75, 3.05) is 12.4 Å². The maximum atomic E-state index is 11.8. The van der Waals surface area contributed by atoms with Crippen LogP contribution in [-0.2, 0) is 17.7 Å². The van der Waals surface area contributed by atoms with Gasteiger partial charge in [-0.05, 0) is 31.2 Å². The average Bonchev–Trinajstić information content (AvgIpc) is 2.87. The molecule has 1 aromatic heterocycles. The molecule has 0 fully saturated rings. The third-order valence-electron chi connectivity index (χ3n) is 3.36. The number of alkyl halides is 1. The van der Waals surface area contributed by atoms with Crippen molar-refractivity contribution in [3.63, 3.8) is 0 Å². The Bertz CT molecular complexity index is 622. The van der Waals surface area contributed by atoms with Crippen LogP contribution < -0.4 is 0 Å². The quantitative estimate of drug-likeness (QED) is 0.612. The van der Waals surface area contributed by atoms with E-state index in [1.54, 1.807) is 13.1 Å². The molecule has 4 nitrogen and oxygen atoms in total. The third-order valence-corrected chi connectivity index (χ3v) is 3.36. The molecule has 0 radical (unpaired) electrons. The number of halogens is 1. The number of fused-ring (bicyclic) bond motifs is 3. The van der Waals surface area contributed by atoms with Crippen molar-refractivity contribution in [1.82, 2.24) is 9.55 Å². The van der Waals surface area contributed by atoms with E-state index in [9.17, 15) is 4.79 Å². The summed E-state index contributed by atoms with van der Waals surface area (Å²) in [5.74, 6) is 2.34. The van der Waals surface area contributed by atoms with Gasteiger partial charge < -0.3 is 9.30 Å². The van der Waals surface area contributed by atoms with E-state index in [0.717, 1.165) is 30.8 Å². The number of hydrogen-bond acceptors (Lipinski definition) is 3. The summed E-state index contributed by atoms with van der Waals surface area (Å²) in [5.41, 5.74) is 2.81. The van der Waals surface area contributed by atoms with Crippen LogP contribution in [0.15, 0.2) is 30.5 Å². The molecule has 1 aromatic carbocycles. The molecule has 0 aliphatic carbocycles. The molecule has 0 amide bonds. The van der Waals surface area contributed by atoms with Crippen molar-refractivity contribution in [3.8, 4) is 11.4 Å². The zero-order chi connectivity index (χ0) is 15.2. The lowest BCUT2D eigenvalue weighted by Gasteiger charge is -2.04. The number of aromatic nitrogens is 2. The number of benzene rings is 1. The number of carbonyl (C=O) groups excluding carboxylic acids is 1. The Morgan fingerprint density at radius 3 is 2.90 bits per heavy atom. The van der Waals surface area contributed by atoms with Gasteiger partial charge in [-0.2, -0.15) is 0 Å². The topological polar surface area (TPSA) is 44.1 Å². The predicted molar refractivity (Wildman–Crippen MR) is 86.8 cm³/mol. The van der Waals surface area contributed by atoms with Crippen LogP contribution in [0, 0.1) is 0 Å². The van der Waals surface area contributed by atoms with Crippen LogP contribution in [0.4, 0.5) is 0 Å². The van der Waals surface area contributed by atoms with Gasteiger partial charge in [0, 0.05) is 18.3 Å². The molecule has 5 heteroatoms. The lowest BCUT2D eigenvalue weighted by molar-refractivity contribution is 0.0520. The summed E-state index contributed by atoms with van der Waals surface area (Å²) in [6.45, 7) is 3.06. The van der Waals surface area contributed by atoms with Crippen molar-refractivity contribution in [2.24, 2.45) is 0 Å². The molecular weight excluding hydrogens is 332 g/mol. The average molecular weight is 351 g/mol. The maximum Gasteiger partial charge on any atom is 0.358 e. The van der Waals surface area contributed by atoms with Gasteiger partial charge in [0.2, 0.25) is 0 Å².